The van der Waals surface area contributed by atoms with Gasteiger partial charge in [0.1, 0.15) is 0 Å². The van der Waals surface area contributed by atoms with E-state index in [2.05, 4.69) is 15.0 Å². The summed E-state index contributed by atoms with van der Waals surface area (Å²) < 4.78 is 5.80. The molecule has 0 saturated heterocycles. The van der Waals surface area contributed by atoms with E-state index >= 15 is 0 Å². The minimum atomic E-state index is -0.698. The Bertz CT molecular complexity index is 1440. The van der Waals surface area contributed by atoms with Gasteiger partial charge >= 0.3 is 5.69 Å². The smallest absolute Gasteiger partial charge is 0.328 e. The first-order valence-electron chi connectivity index (χ1n) is 9.05. The molecule has 0 aliphatic carbocycles. The Morgan fingerprint density at radius 1 is 1.13 bits per heavy atom. The summed E-state index contributed by atoms with van der Waals surface area (Å²) in [4.78, 5) is 45.0. The van der Waals surface area contributed by atoms with E-state index in [0.29, 0.717) is 22.5 Å². The molecule has 3 aromatic heterocycles. The van der Waals surface area contributed by atoms with E-state index in [1.54, 1.807) is 18.2 Å². The Balaban J connectivity index is 1.71. The number of aromatic nitrogens is 3. The van der Waals surface area contributed by atoms with E-state index in [9.17, 15) is 19.7 Å². The number of nitro groups is 1. The fraction of sp³-hybridized carbons (Fsp3) is 0.0500. The van der Waals surface area contributed by atoms with Gasteiger partial charge in [-0.1, -0.05) is 6.07 Å². The van der Waals surface area contributed by atoms with Crippen LogP contribution in [-0.2, 0) is 0 Å². The van der Waals surface area contributed by atoms with Gasteiger partial charge in [-0.3, -0.25) is 24.9 Å². The van der Waals surface area contributed by atoms with Crippen molar-refractivity contribution in [3.8, 4) is 23.0 Å². The predicted molar refractivity (Wildman–Crippen MR) is 114 cm³/mol. The lowest BCUT2D eigenvalue weighted by Crippen LogP contribution is -2.31. The number of H-pyrrole nitrogens is 2. The quantitative estimate of drug-likeness (QED) is 0.290. The second-order valence-electron chi connectivity index (χ2n) is 6.82. The van der Waals surface area contributed by atoms with Gasteiger partial charge in [0.25, 0.3) is 11.2 Å². The highest BCUT2D eigenvalue weighted by molar-refractivity contribution is 7.10. The maximum Gasteiger partial charge on any atom is 0.328 e. The third-order valence-electron chi connectivity index (χ3n) is 4.98. The van der Waals surface area contributed by atoms with Crippen molar-refractivity contribution in [1.82, 2.24) is 15.0 Å². The number of fused-ring (bicyclic) bond motifs is 2. The van der Waals surface area contributed by atoms with Crippen molar-refractivity contribution in [2.45, 2.75) is 5.92 Å². The maximum absolute atomic E-state index is 12.6. The molecule has 0 spiro atoms. The number of anilines is 1. The van der Waals surface area contributed by atoms with Crippen LogP contribution in [0.3, 0.4) is 0 Å². The summed E-state index contributed by atoms with van der Waals surface area (Å²) in [6.45, 7) is 0. The number of hydrogen-bond acceptors (Lipinski definition) is 8. The Labute approximate surface area is 177 Å². The zero-order valence-corrected chi connectivity index (χ0v) is 16.4. The van der Waals surface area contributed by atoms with Crippen molar-refractivity contribution < 1.29 is 9.66 Å². The fourth-order valence-electron chi connectivity index (χ4n) is 3.62. The lowest BCUT2D eigenvalue weighted by molar-refractivity contribution is -0.384. The van der Waals surface area contributed by atoms with Crippen molar-refractivity contribution in [2.24, 2.45) is 0 Å². The summed E-state index contributed by atoms with van der Waals surface area (Å²) in [7, 11) is 0. The van der Waals surface area contributed by atoms with Crippen LogP contribution in [0.1, 0.15) is 21.9 Å². The van der Waals surface area contributed by atoms with Crippen LogP contribution in [0, 0.1) is 10.1 Å². The number of nitrogens with two attached hydrogens (primary N) is 1. The summed E-state index contributed by atoms with van der Waals surface area (Å²) in [5.74, 6) is -0.411. The van der Waals surface area contributed by atoms with Gasteiger partial charge < -0.3 is 10.5 Å². The van der Waals surface area contributed by atoms with E-state index in [-0.39, 0.29) is 23.0 Å². The SMILES string of the molecule is Nc1cc(-c2ccc([N+](=O)[O-])cc2)nc2c1C(c1cccs1)c1c([nH]c(=O)[nH]c1=O)O2. The summed E-state index contributed by atoms with van der Waals surface area (Å²) in [5.41, 5.74) is 7.20. The predicted octanol–water partition coefficient (Wildman–Crippen LogP) is 2.96. The molecule has 4 aromatic rings. The molecule has 4 heterocycles. The minimum absolute atomic E-state index is 0.00685. The number of hydrogen-bond donors (Lipinski definition) is 3. The van der Waals surface area contributed by atoms with Crippen LogP contribution >= 0.6 is 11.3 Å². The van der Waals surface area contributed by atoms with E-state index in [0.717, 1.165) is 4.88 Å². The molecular formula is C20H13N5O5S. The second-order valence-corrected chi connectivity index (χ2v) is 7.80. The van der Waals surface area contributed by atoms with E-state index in [1.807, 2.05) is 17.5 Å². The van der Waals surface area contributed by atoms with Crippen LogP contribution in [0.2, 0.25) is 0 Å². The van der Waals surface area contributed by atoms with Crippen LogP contribution in [-0.4, -0.2) is 19.9 Å². The van der Waals surface area contributed by atoms with Gasteiger partial charge in [0.15, 0.2) is 0 Å². The average molecular weight is 435 g/mol. The number of nitro benzene ring substituents is 1. The summed E-state index contributed by atoms with van der Waals surface area (Å²) in [6.07, 6.45) is 0. The molecule has 1 unspecified atom stereocenters. The maximum atomic E-state index is 12.6. The topological polar surface area (TPSA) is 157 Å². The molecule has 0 radical (unpaired) electrons. The molecule has 4 N–H and O–H groups in total. The standard InChI is InChI=1S/C20H13N5O5S/c21-11-8-12(9-3-5-10(6-4-9)25(28)29)22-18-14(11)15(13-2-1-7-31-13)16-17(26)23-20(27)24-19(16)30-18/h1-8,15H,(H2,21,22)(H2,23,24,26,27). The molecule has 1 aromatic carbocycles. The van der Waals surface area contributed by atoms with Gasteiger partial charge in [-0.05, 0) is 29.6 Å². The molecule has 0 amide bonds. The number of pyridine rings is 1. The van der Waals surface area contributed by atoms with Gasteiger partial charge in [0.2, 0.25) is 11.8 Å². The van der Waals surface area contributed by atoms with Crippen LogP contribution in [0.15, 0.2) is 57.4 Å². The lowest BCUT2D eigenvalue weighted by Gasteiger charge is -2.27. The summed E-state index contributed by atoms with van der Waals surface area (Å²) in [5, 5.41) is 12.8. The molecule has 1 aliphatic heterocycles. The number of nitrogen functional groups attached to an aromatic ring is 1. The van der Waals surface area contributed by atoms with E-state index in [4.69, 9.17) is 10.5 Å². The van der Waals surface area contributed by atoms with Crippen molar-refractivity contribution >= 4 is 22.7 Å². The normalized spacial score (nSPS) is 14.4. The van der Waals surface area contributed by atoms with Crippen LogP contribution in [0.25, 0.3) is 11.3 Å². The van der Waals surface area contributed by atoms with Gasteiger partial charge in [-0.15, -0.1) is 11.3 Å². The third-order valence-corrected chi connectivity index (χ3v) is 5.91. The fourth-order valence-corrected chi connectivity index (χ4v) is 4.46. The van der Waals surface area contributed by atoms with Crippen molar-refractivity contribution in [3.63, 3.8) is 0 Å². The van der Waals surface area contributed by atoms with Gasteiger partial charge in [-0.2, -0.15) is 0 Å². The molecule has 1 atom stereocenters. The molecule has 11 heteroatoms. The molecule has 0 saturated carbocycles. The van der Waals surface area contributed by atoms with Crippen molar-refractivity contribution in [1.29, 1.82) is 0 Å². The highest BCUT2D eigenvalue weighted by Crippen LogP contribution is 2.48. The van der Waals surface area contributed by atoms with E-state index < -0.39 is 22.1 Å². The van der Waals surface area contributed by atoms with E-state index in [1.165, 1.54) is 23.5 Å². The first kappa shape index (κ1) is 18.8. The average Bonchev–Trinajstić information content (AvgIpc) is 3.26. The Hall–Kier alpha value is -4.25. The Morgan fingerprint density at radius 3 is 2.58 bits per heavy atom. The Morgan fingerprint density at radius 2 is 1.90 bits per heavy atom. The van der Waals surface area contributed by atoms with Gasteiger partial charge in [0, 0.05) is 28.3 Å². The molecule has 31 heavy (non-hydrogen) atoms. The number of nitrogens with one attached hydrogen (secondary N) is 2. The number of nitrogens with zero attached hydrogens (tertiary/aromatic N) is 2. The van der Waals surface area contributed by atoms with Crippen LogP contribution < -0.4 is 21.7 Å². The van der Waals surface area contributed by atoms with Crippen molar-refractivity contribution in [3.05, 3.63) is 94.8 Å². The molecular weight excluding hydrogens is 422 g/mol. The number of thiophene rings is 1. The largest absolute Gasteiger partial charge is 0.422 e. The number of rotatable bonds is 3. The monoisotopic (exact) mass is 435 g/mol. The molecule has 154 valence electrons. The van der Waals surface area contributed by atoms with Gasteiger partial charge in [0.05, 0.1) is 27.7 Å². The zero-order chi connectivity index (χ0) is 21.7. The molecule has 0 bridgehead atoms. The second kappa shape index (κ2) is 6.92. The first-order chi connectivity index (χ1) is 14.9. The summed E-state index contributed by atoms with van der Waals surface area (Å²) in [6, 6.07) is 11.2. The Kier molecular flexibility index (Phi) is 4.19. The van der Waals surface area contributed by atoms with Gasteiger partial charge in [-0.25, -0.2) is 9.78 Å². The number of ether oxygens (including phenoxy) is 1. The minimum Gasteiger partial charge on any atom is -0.422 e. The van der Waals surface area contributed by atoms with Crippen LogP contribution in [0.4, 0.5) is 11.4 Å². The number of aromatic amines is 2. The highest BCUT2D eigenvalue weighted by Gasteiger charge is 2.36. The number of non-ortho nitro benzene ring substituents is 1. The first-order valence-corrected chi connectivity index (χ1v) is 9.93. The molecule has 5 rings (SSSR count). The molecule has 0 fully saturated rings. The molecule has 10 nitrogen and oxygen atoms in total. The summed E-state index contributed by atoms with van der Waals surface area (Å²) >= 11 is 1.44. The highest BCUT2D eigenvalue weighted by atomic mass is 32.1. The third kappa shape index (κ3) is 3.07. The molecule has 1 aliphatic rings. The van der Waals surface area contributed by atoms with Crippen molar-refractivity contribution in [2.75, 3.05) is 5.73 Å². The zero-order valence-electron chi connectivity index (χ0n) is 15.6. The number of benzene rings is 1. The van der Waals surface area contributed by atoms with Crippen LogP contribution in [0.5, 0.6) is 11.8 Å². The lowest BCUT2D eigenvalue weighted by atomic mass is 9.88.